The average Bonchev–Trinajstić information content (AvgIpc) is 2.93. The minimum atomic E-state index is -0.438. The molecule has 0 atom stereocenters. The maximum Gasteiger partial charge on any atom is 0.341 e. The number of methoxy groups -OCH3 is 1. The van der Waals surface area contributed by atoms with Crippen LogP contribution in [0.2, 0.25) is 0 Å². The number of benzene rings is 1. The standard InChI is InChI=1S/C20H20N2O3S2/c1-11-9-17(21-15-8-6-5-7-14(11)15)26-10-16(23)22-19-18(20(24)25-4)12(2)13(3)27-19/h5-9H,10H2,1-4H3,(H,22,23). The number of thiophene rings is 1. The predicted octanol–water partition coefficient (Wildman–Crippen LogP) is 4.74. The Morgan fingerprint density at radius 1 is 1.22 bits per heavy atom. The Morgan fingerprint density at radius 2 is 1.96 bits per heavy atom. The molecule has 0 fully saturated rings. The molecule has 3 aromatic rings. The molecule has 0 spiro atoms. The van der Waals surface area contributed by atoms with E-state index in [-0.39, 0.29) is 11.7 Å². The number of para-hydroxylation sites is 1. The SMILES string of the molecule is COC(=O)c1c(NC(=O)CSc2cc(C)c3ccccc3n2)sc(C)c1C. The number of nitrogens with zero attached hydrogens (tertiary/aromatic N) is 1. The molecule has 5 nitrogen and oxygen atoms in total. The number of anilines is 1. The molecule has 0 bridgehead atoms. The number of nitrogens with one attached hydrogen (secondary N) is 1. The summed E-state index contributed by atoms with van der Waals surface area (Å²) in [4.78, 5) is 30.0. The van der Waals surface area contributed by atoms with Gasteiger partial charge in [-0.05, 0) is 44.0 Å². The van der Waals surface area contributed by atoms with Crippen LogP contribution in [0.5, 0.6) is 0 Å². The second-order valence-corrected chi connectivity index (χ2v) is 8.33. The van der Waals surface area contributed by atoms with Crippen LogP contribution in [0.4, 0.5) is 5.00 Å². The molecule has 1 aromatic carbocycles. The van der Waals surface area contributed by atoms with E-state index in [1.54, 1.807) is 0 Å². The van der Waals surface area contributed by atoms with E-state index in [0.717, 1.165) is 31.9 Å². The normalized spacial score (nSPS) is 10.8. The lowest BCUT2D eigenvalue weighted by Gasteiger charge is -2.07. The third kappa shape index (κ3) is 4.14. The average molecular weight is 401 g/mol. The van der Waals surface area contributed by atoms with E-state index in [9.17, 15) is 9.59 Å². The summed E-state index contributed by atoms with van der Waals surface area (Å²) in [6, 6.07) is 9.92. The van der Waals surface area contributed by atoms with Crippen molar-refractivity contribution in [3.05, 3.63) is 51.9 Å². The van der Waals surface area contributed by atoms with E-state index in [1.807, 2.05) is 51.1 Å². The maximum atomic E-state index is 12.4. The molecule has 2 aromatic heterocycles. The van der Waals surface area contributed by atoms with Gasteiger partial charge in [-0.3, -0.25) is 4.79 Å². The lowest BCUT2D eigenvalue weighted by atomic mass is 10.1. The van der Waals surface area contributed by atoms with Crippen molar-refractivity contribution in [2.45, 2.75) is 25.8 Å². The van der Waals surface area contributed by atoms with Gasteiger partial charge in [-0.25, -0.2) is 9.78 Å². The van der Waals surface area contributed by atoms with Crippen LogP contribution in [-0.2, 0) is 9.53 Å². The third-order valence-electron chi connectivity index (χ3n) is 4.28. The summed E-state index contributed by atoms with van der Waals surface area (Å²) in [7, 11) is 1.34. The van der Waals surface area contributed by atoms with Gasteiger partial charge in [-0.15, -0.1) is 11.3 Å². The first-order chi connectivity index (χ1) is 12.9. The highest BCUT2D eigenvalue weighted by molar-refractivity contribution is 7.99. The molecule has 0 radical (unpaired) electrons. The van der Waals surface area contributed by atoms with Crippen LogP contribution in [-0.4, -0.2) is 29.7 Å². The van der Waals surface area contributed by atoms with Gasteiger partial charge in [0.2, 0.25) is 5.91 Å². The summed E-state index contributed by atoms with van der Waals surface area (Å²) in [5, 5.41) is 5.28. The second kappa shape index (κ2) is 8.10. The van der Waals surface area contributed by atoms with Crippen LogP contribution >= 0.6 is 23.1 Å². The van der Waals surface area contributed by atoms with Gasteiger partial charge in [0.05, 0.1) is 29.0 Å². The van der Waals surface area contributed by atoms with Gasteiger partial charge in [0, 0.05) is 10.3 Å². The lowest BCUT2D eigenvalue weighted by Crippen LogP contribution is -2.16. The van der Waals surface area contributed by atoms with E-state index in [0.29, 0.717) is 10.6 Å². The molecule has 0 saturated heterocycles. The van der Waals surface area contributed by atoms with E-state index in [4.69, 9.17) is 4.74 Å². The molecule has 1 amide bonds. The predicted molar refractivity (Wildman–Crippen MR) is 111 cm³/mol. The fraction of sp³-hybridized carbons (Fsp3) is 0.250. The molecule has 7 heteroatoms. The summed E-state index contributed by atoms with van der Waals surface area (Å²) in [6.07, 6.45) is 0. The number of hydrogen-bond donors (Lipinski definition) is 1. The molecule has 1 N–H and O–H groups in total. The number of carbonyl (C=O) groups excluding carboxylic acids is 2. The van der Waals surface area contributed by atoms with Crippen molar-refractivity contribution in [1.82, 2.24) is 4.98 Å². The Kier molecular flexibility index (Phi) is 5.82. The number of thioether (sulfide) groups is 1. The van der Waals surface area contributed by atoms with Gasteiger partial charge in [-0.1, -0.05) is 30.0 Å². The Balaban J connectivity index is 1.72. The zero-order chi connectivity index (χ0) is 19.6. The largest absolute Gasteiger partial charge is 0.465 e. The third-order valence-corrected chi connectivity index (χ3v) is 6.31. The van der Waals surface area contributed by atoms with Crippen molar-refractivity contribution in [2.24, 2.45) is 0 Å². The van der Waals surface area contributed by atoms with Crippen molar-refractivity contribution < 1.29 is 14.3 Å². The summed E-state index contributed by atoms with van der Waals surface area (Å²) < 4.78 is 4.84. The van der Waals surface area contributed by atoms with Crippen LogP contribution in [0.25, 0.3) is 10.9 Å². The number of hydrogen-bond acceptors (Lipinski definition) is 6. The number of pyridine rings is 1. The molecule has 2 heterocycles. The highest BCUT2D eigenvalue weighted by atomic mass is 32.2. The number of aryl methyl sites for hydroxylation is 2. The first-order valence-electron chi connectivity index (χ1n) is 8.38. The Morgan fingerprint density at radius 3 is 2.70 bits per heavy atom. The maximum absolute atomic E-state index is 12.4. The van der Waals surface area contributed by atoms with E-state index in [1.165, 1.54) is 30.2 Å². The number of fused-ring (bicyclic) bond motifs is 1. The highest BCUT2D eigenvalue weighted by Gasteiger charge is 2.21. The van der Waals surface area contributed by atoms with E-state index in [2.05, 4.69) is 10.3 Å². The number of rotatable bonds is 5. The number of esters is 1. The fourth-order valence-corrected chi connectivity index (χ4v) is 4.60. The smallest absolute Gasteiger partial charge is 0.341 e. The first-order valence-corrected chi connectivity index (χ1v) is 10.2. The summed E-state index contributed by atoms with van der Waals surface area (Å²) in [5.74, 6) is -0.410. The molecule has 140 valence electrons. The number of aromatic nitrogens is 1. The van der Waals surface area contributed by atoms with Gasteiger partial charge >= 0.3 is 5.97 Å². The van der Waals surface area contributed by atoms with Crippen LogP contribution in [0, 0.1) is 20.8 Å². The van der Waals surface area contributed by atoms with Gasteiger partial charge in [0.1, 0.15) is 5.00 Å². The number of carbonyl (C=O) groups is 2. The Labute approximate surface area is 166 Å². The van der Waals surface area contributed by atoms with Gasteiger partial charge in [-0.2, -0.15) is 0 Å². The number of amides is 1. The second-order valence-electron chi connectivity index (χ2n) is 6.11. The minimum Gasteiger partial charge on any atom is -0.465 e. The molecular weight excluding hydrogens is 380 g/mol. The van der Waals surface area contributed by atoms with Crippen molar-refractivity contribution in [3.8, 4) is 0 Å². The summed E-state index contributed by atoms with van der Waals surface area (Å²) in [5.41, 5.74) is 3.30. The Hall–Kier alpha value is -2.38. The molecule has 0 aliphatic rings. The molecular formula is C20H20N2O3S2. The molecule has 0 aliphatic heterocycles. The van der Waals surface area contributed by atoms with Crippen molar-refractivity contribution >= 4 is 50.9 Å². The van der Waals surface area contributed by atoms with Crippen LogP contribution < -0.4 is 5.32 Å². The molecule has 3 rings (SSSR count). The molecule has 0 saturated carbocycles. The van der Waals surface area contributed by atoms with Gasteiger partial charge in [0.25, 0.3) is 0 Å². The summed E-state index contributed by atoms with van der Waals surface area (Å²) >= 11 is 2.75. The quantitative estimate of drug-likeness (QED) is 0.495. The van der Waals surface area contributed by atoms with Crippen molar-refractivity contribution in [2.75, 3.05) is 18.2 Å². The minimum absolute atomic E-state index is 0.181. The van der Waals surface area contributed by atoms with Crippen molar-refractivity contribution in [1.29, 1.82) is 0 Å². The molecule has 0 unspecified atom stereocenters. The van der Waals surface area contributed by atoms with Crippen LogP contribution in [0.15, 0.2) is 35.4 Å². The highest BCUT2D eigenvalue weighted by Crippen LogP contribution is 2.33. The van der Waals surface area contributed by atoms with E-state index < -0.39 is 5.97 Å². The van der Waals surface area contributed by atoms with Crippen LogP contribution in [0.1, 0.15) is 26.4 Å². The molecule has 0 aliphatic carbocycles. The summed E-state index contributed by atoms with van der Waals surface area (Å²) in [6.45, 7) is 5.80. The van der Waals surface area contributed by atoms with Gasteiger partial charge in [0.15, 0.2) is 0 Å². The number of ether oxygens (including phenoxy) is 1. The fourth-order valence-electron chi connectivity index (χ4n) is 2.76. The molecule has 27 heavy (non-hydrogen) atoms. The zero-order valence-corrected chi connectivity index (χ0v) is 17.2. The first kappa shape index (κ1) is 19.4. The lowest BCUT2D eigenvalue weighted by molar-refractivity contribution is -0.113. The monoisotopic (exact) mass is 400 g/mol. The van der Waals surface area contributed by atoms with E-state index >= 15 is 0 Å². The van der Waals surface area contributed by atoms with Gasteiger partial charge < -0.3 is 10.1 Å². The Bertz CT molecular complexity index is 1030. The zero-order valence-electron chi connectivity index (χ0n) is 15.6. The topological polar surface area (TPSA) is 68.3 Å². The van der Waals surface area contributed by atoms with Crippen LogP contribution in [0.3, 0.4) is 0 Å². The van der Waals surface area contributed by atoms with Crippen molar-refractivity contribution in [3.63, 3.8) is 0 Å².